The number of hydrogen-bond donors (Lipinski definition) is 2. The summed E-state index contributed by atoms with van der Waals surface area (Å²) >= 11 is 5.05. The van der Waals surface area contributed by atoms with Gasteiger partial charge in [0.05, 0.1) is 0 Å². The molecule has 0 aliphatic rings. The van der Waals surface area contributed by atoms with Crippen molar-refractivity contribution >= 4 is 22.9 Å². The van der Waals surface area contributed by atoms with Crippen molar-refractivity contribution < 1.29 is 4.39 Å². The summed E-state index contributed by atoms with van der Waals surface area (Å²) in [6.07, 6.45) is 0.811. The first-order chi connectivity index (χ1) is 9.56. The van der Waals surface area contributed by atoms with Crippen molar-refractivity contribution in [2.75, 3.05) is 11.9 Å². The van der Waals surface area contributed by atoms with Crippen molar-refractivity contribution in [2.24, 2.45) is 5.73 Å². The van der Waals surface area contributed by atoms with E-state index in [2.05, 4.69) is 5.32 Å². The second-order valence-electron chi connectivity index (χ2n) is 4.72. The molecule has 0 unspecified atom stereocenters. The molecule has 0 amide bonds. The van der Waals surface area contributed by atoms with Gasteiger partial charge >= 0.3 is 0 Å². The van der Waals surface area contributed by atoms with Crippen molar-refractivity contribution in [3.63, 3.8) is 0 Å². The fraction of sp³-hybridized carbons (Fsp3) is 0.188. The smallest absolute Gasteiger partial charge is 0.123 e. The Kier molecular flexibility index (Phi) is 4.69. The zero-order chi connectivity index (χ0) is 14.5. The molecule has 0 spiro atoms. The standard InChI is InChI=1S/C16H17FN2S/c1-11-2-7-14(16(18)20)15(10-11)19-9-8-12-3-5-13(17)6-4-12/h2-7,10,19H,8-9H2,1H3,(H2,18,20). The largest absolute Gasteiger partial charge is 0.389 e. The molecule has 2 aromatic rings. The number of aryl methyl sites for hydroxylation is 1. The number of anilines is 1. The van der Waals surface area contributed by atoms with Crippen molar-refractivity contribution in [3.8, 4) is 0 Å². The molecule has 2 aromatic carbocycles. The predicted octanol–water partition coefficient (Wildman–Crippen LogP) is 3.42. The lowest BCUT2D eigenvalue weighted by Crippen LogP contribution is -2.14. The Bertz CT molecular complexity index is 608. The molecule has 0 heterocycles. The van der Waals surface area contributed by atoms with Gasteiger partial charge in [0.1, 0.15) is 10.8 Å². The summed E-state index contributed by atoms with van der Waals surface area (Å²) in [5, 5.41) is 3.34. The van der Waals surface area contributed by atoms with Gasteiger partial charge in [-0.15, -0.1) is 0 Å². The van der Waals surface area contributed by atoms with Crippen molar-refractivity contribution in [1.82, 2.24) is 0 Å². The van der Waals surface area contributed by atoms with Crippen LogP contribution in [0, 0.1) is 12.7 Å². The van der Waals surface area contributed by atoms with E-state index in [0.717, 1.165) is 35.3 Å². The highest BCUT2D eigenvalue weighted by atomic mass is 32.1. The molecule has 2 nitrogen and oxygen atoms in total. The minimum Gasteiger partial charge on any atom is -0.389 e. The molecule has 20 heavy (non-hydrogen) atoms. The highest BCUT2D eigenvalue weighted by molar-refractivity contribution is 7.80. The lowest BCUT2D eigenvalue weighted by molar-refractivity contribution is 0.627. The van der Waals surface area contributed by atoms with E-state index in [-0.39, 0.29) is 5.82 Å². The molecule has 0 fully saturated rings. The Morgan fingerprint density at radius 3 is 2.55 bits per heavy atom. The van der Waals surface area contributed by atoms with Crippen molar-refractivity contribution in [2.45, 2.75) is 13.3 Å². The summed E-state index contributed by atoms with van der Waals surface area (Å²) in [4.78, 5) is 0.384. The molecule has 4 heteroatoms. The Morgan fingerprint density at radius 2 is 1.90 bits per heavy atom. The fourth-order valence-electron chi connectivity index (χ4n) is 2.01. The minimum atomic E-state index is -0.212. The maximum Gasteiger partial charge on any atom is 0.123 e. The van der Waals surface area contributed by atoms with Crippen LogP contribution in [0.2, 0.25) is 0 Å². The minimum absolute atomic E-state index is 0.212. The molecule has 0 aliphatic carbocycles. The molecule has 0 aromatic heterocycles. The number of hydrogen-bond acceptors (Lipinski definition) is 2. The lowest BCUT2D eigenvalue weighted by Gasteiger charge is -2.12. The first kappa shape index (κ1) is 14.5. The molecular formula is C16H17FN2S. The average molecular weight is 288 g/mol. The van der Waals surface area contributed by atoms with Crippen LogP contribution in [0.15, 0.2) is 42.5 Å². The third kappa shape index (κ3) is 3.78. The van der Waals surface area contributed by atoms with E-state index < -0.39 is 0 Å². The molecule has 0 atom stereocenters. The summed E-state index contributed by atoms with van der Waals surface area (Å²) in [6.45, 7) is 2.76. The van der Waals surface area contributed by atoms with E-state index in [1.807, 2.05) is 25.1 Å². The van der Waals surface area contributed by atoms with Gasteiger partial charge in [0, 0.05) is 17.8 Å². The summed E-state index contributed by atoms with van der Waals surface area (Å²) in [6, 6.07) is 12.5. The molecule has 0 saturated heterocycles. The van der Waals surface area contributed by atoms with Crippen LogP contribution in [0.3, 0.4) is 0 Å². The third-order valence-corrected chi connectivity index (χ3v) is 3.30. The van der Waals surface area contributed by atoms with Crippen molar-refractivity contribution in [1.29, 1.82) is 0 Å². The summed E-state index contributed by atoms with van der Waals surface area (Å²) in [5.41, 5.74) is 9.74. The van der Waals surface area contributed by atoms with E-state index in [1.165, 1.54) is 12.1 Å². The summed E-state index contributed by atoms with van der Waals surface area (Å²) < 4.78 is 12.8. The summed E-state index contributed by atoms with van der Waals surface area (Å²) in [5.74, 6) is -0.212. The van der Waals surface area contributed by atoms with Crippen LogP contribution in [0.25, 0.3) is 0 Å². The van der Waals surface area contributed by atoms with Crippen LogP contribution in [0.5, 0.6) is 0 Å². The van der Waals surface area contributed by atoms with Crippen LogP contribution in [0.1, 0.15) is 16.7 Å². The molecule has 3 N–H and O–H groups in total. The van der Waals surface area contributed by atoms with Gasteiger partial charge in [0.2, 0.25) is 0 Å². The Balaban J connectivity index is 2.02. The molecule has 0 aliphatic heterocycles. The molecule has 104 valence electrons. The fourth-order valence-corrected chi connectivity index (χ4v) is 2.19. The van der Waals surface area contributed by atoms with Gasteiger partial charge in [-0.1, -0.05) is 30.4 Å². The Morgan fingerprint density at radius 1 is 1.20 bits per heavy atom. The first-order valence-electron chi connectivity index (χ1n) is 6.45. The van der Waals surface area contributed by atoms with Gasteiger partial charge in [-0.3, -0.25) is 0 Å². The Hall–Kier alpha value is -1.94. The van der Waals surface area contributed by atoms with E-state index in [1.54, 1.807) is 12.1 Å². The van der Waals surface area contributed by atoms with E-state index >= 15 is 0 Å². The predicted molar refractivity (Wildman–Crippen MR) is 85.7 cm³/mol. The monoisotopic (exact) mass is 288 g/mol. The highest BCUT2D eigenvalue weighted by Gasteiger charge is 2.05. The van der Waals surface area contributed by atoms with E-state index in [9.17, 15) is 4.39 Å². The quantitative estimate of drug-likeness (QED) is 0.828. The van der Waals surface area contributed by atoms with Gasteiger partial charge in [-0.25, -0.2) is 4.39 Å². The molecule has 0 radical (unpaired) electrons. The second kappa shape index (κ2) is 6.48. The second-order valence-corrected chi connectivity index (χ2v) is 5.16. The first-order valence-corrected chi connectivity index (χ1v) is 6.86. The molecular weight excluding hydrogens is 271 g/mol. The average Bonchev–Trinajstić information content (AvgIpc) is 2.41. The number of benzene rings is 2. The number of nitrogens with one attached hydrogen (secondary N) is 1. The van der Waals surface area contributed by atoms with Gasteiger partial charge < -0.3 is 11.1 Å². The molecule has 0 saturated carbocycles. The van der Waals surface area contributed by atoms with E-state index in [4.69, 9.17) is 18.0 Å². The number of rotatable bonds is 5. The van der Waals surface area contributed by atoms with E-state index in [0.29, 0.717) is 4.99 Å². The van der Waals surface area contributed by atoms with Gasteiger partial charge in [0.15, 0.2) is 0 Å². The SMILES string of the molecule is Cc1ccc(C(N)=S)c(NCCc2ccc(F)cc2)c1. The Labute approximate surface area is 123 Å². The summed E-state index contributed by atoms with van der Waals surface area (Å²) in [7, 11) is 0. The zero-order valence-corrected chi connectivity index (χ0v) is 12.1. The molecule has 0 bridgehead atoms. The number of thiocarbonyl (C=S) groups is 1. The van der Waals surface area contributed by atoms with Gasteiger partial charge in [0.25, 0.3) is 0 Å². The number of nitrogens with two attached hydrogens (primary N) is 1. The van der Waals surface area contributed by atoms with Crippen LogP contribution in [-0.4, -0.2) is 11.5 Å². The maximum absolute atomic E-state index is 12.8. The van der Waals surface area contributed by atoms with Crippen LogP contribution >= 0.6 is 12.2 Å². The van der Waals surface area contributed by atoms with Crippen LogP contribution in [-0.2, 0) is 6.42 Å². The zero-order valence-electron chi connectivity index (χ0n) is 11.3. The maximum atomic E-state index is 12.8. The van der Waals surface area contributed by atoms with Gasteiger partial charge in [-0.05, 0) is 48.7 Å². The van der Waals surface area contributed by atoms with Crippen molar-refractivity contribution in [3.05, 3.63) is 65.0 Å². The van der Waals surface area contributed by atoms with Crippen LogP contribution in [0.4, 0.5) is 10.1 Å². The van der Waals surface area contributed by atoms with Crippen LogP contribution < -0.4 is 11.1 Å². The topological polar surface area (TPSA) is 38.0 Å². The highest BCUT2D eigenvalue weighted by Crippen LogP contribution is 2.17. The molecule has 2 rings (SSSR count). The van der Waals surface area contributed by atoms with Gasteiger partial charge in [-0.2, -0.15) is 0 Å². The third-order valence-electron chi connectivity index (χ3n) is 3.08. The number of halogens is 1. The normalized spacial score (nSPS) is 10.3. The lowest BCUT2D eigenvalue weighted by atomic mass is 10.1.